The molecule has 0 saturated carbocycles. The molecule has 0 aliphatic heterocycles. The smallest absolute Gasteiger partial charge is 0.508 e. The summed E-state index contributed by atoms with van der Waals surface area (Å²) in [6.45, 7) is 3.62. The number of benzene rings is 2. The summed E-state index contributed by atoms with van der Waals surface area (Å²) >= 11 is 0. The molecule has 0 spiro atoms. The van der Waals surface area contributed by atoms with Crippen LogP contribution in [0.25, 0.3) is 11.1 Å². The summed E-state index contributed by atoms with van der Waals surface area (Å²) in [5.74, 6) is -1.96. The van der Waals surface area contributed by atoms with Crippen molar-refractivity contribution in [3.63, 3.8) is 0 Å². The van der Waals surface area contributed by atoms with Crippen LogP contribution < -0.4 is 0 Å². The minimum absolute atomic E-state index is 0. The van der Waals surface area contributed by atoms with Gasteiger partial charge in [0.2, 0.25) is 0 Å². The van der Waals surface area contributed by atoms with Crippen LogP contribution in [0.15, 0.2) is 24.3 Å². The van der Waals surface area contributed by atoms with Crippen molar-refractivity contribution in [3.8, 4) is 16.9 Å². The van der Waals surface area contributed by atoms with E-state index in [0.717, 1.165) is 23.3 Å². The number of phenolic OH excluding ortho intramolecular Hbond substituents is 1. The van der Waals surface area contributed by atoms with Gasteiger partial charge in [-0.2, -0.15) is 29.3 Å². The van der Waals surface area contributed by atoms with Crippen LogP contribution in [0.2, 0.25) is 0 Å². The van der Waals surface area contributed by atoms with Crippen LogP contribution in [-0.4, -0.2) is 5.11 Å². The third-order valence-corrected chi connectivity index (χ3v) is 2.45. The molecule has 1 N–H and O–H groups in total. The molecular weight excluding hydrogens is 311 g/mol. The Hall–Kier alpha value is -0.796. The Bertz CT molecular complexity index is 539. The van der Waals surface area contributed by atoms with Gasteiger partial charge in [-0.25, -0.2) is 8.78 Å². The Labute approximate surface area is 130 Å². The summed E-state index contributed by atoms with van der Waals surface area (Å²) in [7, 11) is 0. The van der Waals surface area contributed by atoms with Gasteiger partial charge in [0, 0.05) is 17.7 Å². The van der Waals surface area contributed by atoms with E-state index in [1.165, 1.54) is 0 Å². The molecule has 88 valence electrons. The summed E-state index contributed by atoms with van der Waals surface area (Å²) in [5, 5.41) is 9.09. The summed E-state index contributed by atoms with van der Waals surface area (Å²) in [6, 6.07) is 8.16. The molecule has 18 heavy (non-hydrogen) atoms. The van der Waals surface area contributed by atoms with E-state index in [9.17, 15) is 8.78 Å². The molecule has 2 aromatic rings. The summed E-state index contributed by atoms with van der Waals surface area (Å²) < 4.78 is 27.3. The van der Waals surface area contributed by atoms with Crippen molar-refractivity contribution in [2.24, 2.45) is 0 Å². The Morgan fingerprint density at radius 1 is 0.944 bits per heavy atom. The second-order valence-electron chi connectivity index (χ2n) is 4.02. The molecule has 0 saturated heterocycles. The molecule has 0 unspecified atom stereocenters. The maximum Gasteiger partial charge on any atom is 3.00 e. The average molecular weight is 322 g/mol. The Kier molecular flexibility index (Phi) is 5.00. The Morgan fingerprint density at radius 3 is 1.83 bits per heavy atom. The quantitative estimate of drug-likeness (QED) is 0.793. The molecule has 1 nitrogen and oxygen atoms in total. The monoisotopic (exact) mass is 322 g/mol. The molecule has 0 heterocycles. The van der Waals surface area contributed by atoms with E-state index >= 15 is 0 Å². The van der Waals surface area contributed by atoms with Crippen LogP contribution in [0.4, 0.5) is 8.78 Å². The second-order valence-corrected chi connectivity index (χ2v) is 4.02. The van der Waals surface area contributed by atoms with Gasteiger partial charge in [-0.15, -0.1) is 5.56 Å². The van der Waals surface area contributed by atoms with E-state index in [2.05, 4.69) is 6.07 Å². The minimum atomic E-state index is -0.771. The van der Waals surface area contributed by atoms with Crippen LogP contribution in [0, 0.1) is 31.5 Å². The van der Waals surface area contributed by atoms with Gasteiger partial charge in [0.25, 0.3) is 0 Å². The van der Waals surface area contributed by atoms with Crippen LogP contribution in [-0.2, 0) is 32.7 Å². The van der Waals surface area contributed by atoms with Gasteiger partial charge >= 0.3 is 32.7 Å². The van der Waals surface area contributed by atoms with Crippen molar-refractivity contribution in [1.29, 1.82) is 0 Å². The van der Waals surface area contributed by atoms with E-state index in [1.54, 1.807) is 12.1 Å². The Morgan fingerprint density at radius 2 is 1.39 bits per heavy atom. The molecule has 0 bridgehead atoms. The summed E-state index contributed by atoms with van der Waals surface area (Å²) in [4.78, 5) is 0. The van der Waals surface area contributed by atoms with Gasteiger partial charge < -0.3 is 5.11 Å². The number of hydrogen-bond acceptors (Lipinski definition) is 1. The molecule has 2 rings (SSSR count). The number of phenols is 1. The fourth-order valence-corrected chi connectivity index (χ4v) is 1.87. The van der Waals surface area contributed by atoms with Gasteiger partial charge in [0.1, 0.15) is 17.4 Å². The first-order chi connectivity index (χ1) is 7.97. The predicted molar refractivity (Wildman–Crippen MR) is 61.8 cm³/mol. The van der Waals surface area contributed by atoms with Crippen molar-refractivity contribution in [3.05, 3.63) is 53.1 Å². The van der Waals surface area contributed by atoms with Crippen LogP contribution >= 0.6 is 0 Å². The van der Waals surface area contributed by atoms with Gasteiger partial charge in [-0.1, -0.05) is 13.8 Å². The molecule has 2 aromatic carbocycles. The fraction of sp³-hybridized carbons (Fsp3) is 0.143. The zero-order valence-corrected chi connectivity index (χ0v) is 12.9. The van der Waals surface area contributed by atoms with Crippen LogP contribution in [0.3, 0.4) is 0 Å². The van der Waals surface area contributed by atoms with Crippen molar-refractivity contribution in [2.45, 2.75) is 13.8 Å². The summed E-state index contributed by atoms with van der Waals surface area (Å²) in [6.07, 6.45) is 0. The van der Waals surface area contributed by atoms with Gasteiger partial charge in [0.15, 0.2) is 0 Å². The van der Waals surface area contributed by atoms with E-state index in [4.69, 9.17) is 5.11 Å². The number of aryl methyl sites for hydroxylation is 2. The van der Waals surface area contributed by atoms with E-state index in [1.807, 2.05) is 13.8 Å². The third-order valence-electron chi connectivity index (χ3n) is 2.45. The van der Waals surface area contributed by atoms with Gasteiger partial charge in [-0.05, 0) is 0 Å². The molecule has 0 amide bonds. The molecular formula is C14H11F2OY+2. The molecule has 0 atom stereocenters. The standard InChI is InChI=1S/C14H11F2O.Y/c1-8-3-9(2)5-10(4-8)14-12(15)6-11(17)7-13(14)16;/h4-7,17H,1-2H3;/q-1;+3. The van der Waals surface area contributed by atoms with Gasteiger partial charge in [-0.3, -0.25) is 0 Å². The minimum Gasteiger partial charge on any atom is -0.508 e. The van der Waals surface area contributed by atoms with Crippen molar-refractivity contribution in [1.82, 2.24) is 0 Å². The van der Waals surface area contributed by atoms with E-state index < -0.39 is 17.4 Å². The Balaban J connectivity index is 0.00000162. The molecule has 4 heteroatoms. The SMILES string of the molecule is Cc1[c-]c(C)cc(-c2c(F)cc(O)cc2F)c1.[Y+3]. The number of halogens is 2. The fourth-order valence-electron chi connectivity index (χ4n) is 1.87. The summed E-state index contributed by atoms with van der Waals surface area (Å²) in [5.41, 5.74) is 1.95. The van der Waals surface area contributed by atoms with Crippen molar-refractivity contribution in [2.75, 3.05) is 0 Å². The van der Waals surface area contributed by atoms with Crippen molar-refractivity contribution < 1.29 is 46.6 Å². The third kappa shape index (κ3) is 3.15. The van der Waals surface area contributed by atoms with Crippen LogP contribution in [0.1, 0.15) is 11.1 Å². The topological polar surface area (TPSA) is 20.2 Å². The first-order valence-corrected chi connectivity index (χ1v) is 5.16. The molecule has 0 aromatic heterocycles. The van der Waals surface area contributed by atoms with Gasteiger partial charge in [0.05, 0.1) is 0 Å². The van der Waals surface area contributed by atoms with E-state index in [0.29, 0.717) is 5.56 Å². The molecule has 0 aliphatic carbocycles. The zero-order chi connectivity index (χ0) is 12.6. The van der Waals surface area contributed by atoms with Crippen molar-refractivity contribution >= 4 is 0 Å². The normalized spacial score (nSPS) is 10.0. The average Bonchev–Trinajstić information content (AvgIpc) is 2.13. The first kappa shape index (κ1) is 15.3. The zero-order valence-electron chi connectivity index (χ0n) is 10.1. The second kappa shape index (κ2) is 5.90. The molecule has 0 aliphatic rings. The molecule has 0 fully saturated rings. The predicted octanol–water partition coefficient (Wildman–Crippen LogP) is 3.75. The number of aromatic hydroxyl groups is 1. The molecule has 0 radical (unpaired) electrons. The largest absolute Gasteiger partial charge is 3.00 e. The first-order valence-electron chi connectivity index (χ1n) is 5.16. The number of rotatable bonds is 1. The maximum absolute atomic E-state index is 13.7. The van der Waals surface area contributed by atoms with E-state index in [-0.39, 0.29) is 38.3 Å². The number of hydrogen-bond donors (Lipinski definition) is 1. The van der Waals surface area contributed by atoms with Crippen LogP contribution in [0.5, 0.6) is 5.75 Å². The maximum atomic E-state index is 13.7.